The Morgan fingerprint density at radius 3 is 2.65 bits per heavy atom. The molecule has 1 aliphatic rings. The fraction of sp³-hybridized carbons (Fsp3) is 0.136. The molecule has 0 spiro atoms. The number of carbonyl (C=O) groups is 1. The first-order valence-corrected chi connectivity index (χ1v) is 9.91. The van der Waals surface area contributed by atoms with E-state index in [4.69, 9.17) is 16.3 Å². The number of nitrogens with one attached hydrogen (secondary N) is 2. The number of aromatic nitrogens is 1. The number of hydrazone groups is 1. The van der Waals surface area contributed by atoms with Gasteiger partial charge in [0.2, 0.25) is 0 Å². The fourth-order valence-corrected chi connectivity index (χ4v) is 3.63. The topological polar surface area (TPSA) is 88.0 Å². The van der Waals surface area contributed by atoms with Crippen LogP contribution in [0.25, 0.3) is 11.1 Å². The predicted molar refractivity (Wildman–Crippen MR) is 120 cm³/mol. The van der Waals surface area contributed by atoms with Crippen molar-refractivity contribution in [1.29, 1.82) is 0 Å². The van der Waals surface area contributed by atoms with Gasteiger partial charge in [-0.1, -0.05) is 41.9 Å². The fourth-order valence-electron chi connectivity index (χ4n) is 3.45. The van der Waals surface area contributed by atoms with E-state index in [1.54, 1.807) is 35.7 Å². The van der Waals surface area contributed by atoms with Crippen molar-refractivity contribution in [2.75, 3.05) is 12.1 Å². The summed E-state index contributed by atoms with van der Waals surface area (Å²) in [5.74, 6) is -0.481. The highest BCUT2D eigenvalue weighted by molar-refractivity contribution is 6.31. The summed E-state index contributed by atoms with van der Waals surface area (Å²) in [6.07, 6.45) is 3.52. The van der Waals surface area contributed by atoms with Crippen molar-refractivity contribution in [2.24, 2.45) is 5.10 Å². The van der Waals surface area contributed by atoms with Gasteiger partial charge in [-0.3, -0.25) is 4.79 Å². The van der Waals surface area contributed by atoms with Crippen LogP contribution in [0, 0.1) is 0 Å². The molecule has 0 radical (unpaired) electrons. The van der Waals surface area contributed by atoms with E-state index in [0.29, 0.717) is 17.0 Å². The van der Waals surface area contributed by atoms with E-state index in [-0.39, 0.29) is 5.56 Å². The van der Waals surface area contributed by atoms with E-state index < -0.39 is 12.0 Å². The van der Waals surface area contributed by atoms with E-state index in [9.17, 15) is 9.59 Å². The summed E-state index contributed by atoms with van der Waals surface area (Å²) >= 11 is 6.21. The number of methoxy groups -OCH3 is 1. The number of rotatable bonds is 6. The van der Waals surface area contributed by atoms with Crippen LogP contribution in [-0.2, 0) is 16.0 Å². The molecular weight excluding hydrogens is 418 g/mol. The van der Waals surface area contributed by atoms with E-state index in [1.165, 1.54) is 17.7 Å². The van der Waals surface area contributed by atoms with Crippen LogP contribution in [-0.4, -0.2) is 24.0 Å². The summed E-state index contributed by atoms with van der Waals surface area (Å²) in [4.78, 5) is 25.5. The average Bonchev–Trinajstić information content (AvgIpc) is 3.32. The summed E-state index contributed by atoms with van der Waals surface area (Å²) in [5.41, 5.74) is 8.26. The number of hydrazine groups is 2. The molecule has 31 heavy (non-hydrogen) atoms. The number of halogens is 1. The van der Waals surface area contributed by atoms with Crippen molar-refractivity contribution in [3.63, 3.8) is 0 Å². The highest BCUT2D eigenvalue weighted by Crippen LogP contribution is 2.32. The Balaban J connectivity index is 1.72. The molecule has 0 amide bonds. The monoisotopic (exact) mass is 437 g/mol. The third-order valence-electron chi connectivity index (χ3n) is 4.97. The van der Waals surface area contributed by atoms with Gasteiger partial charge in [0.15, 0.2) is 0 Å². The van der Waals surface area contributed by atoms with Crippen LogP contribution in [0.3, 0.4) is 0 Å². The predicted octanol–water partition coefficient (Wildman–Crippen LogP) is 2.90. The summed E-state index contributed by atoms with van der Waals surface area (Å²) in [5, 5.41) is 6.11. The van der Waals surface area contributed by atoms with E-state index in [2.05, 4.69) is 16.2 Å². The van der Waals surface area contributed by atoms with Gasteiger partial charge in [-0.05, 0) is 35.4 Å². The molecule has 8 nitrogen and oxygen atoms in total. The van der Waals surface area contributed by atoms with Gasteiger partial charge in [-0.15, -0.1) is 5.53 Å². The van der Waals surface area contributed by atoms with Gasteiger partial charge in [0.05, 0.1) is 12.8 Å². The molecule has 0 saturated heterocycles. The molecule has 2 aromatic carbocycles. The average molecular weight is 438 g/mol. The van der Waals surface area contributed by atoms with Crippen LogP contribution in [0.5, 0.6) is 0 Å². The standard InChI is InChI=1S/C22H20ClN5O3/c1-31-22(30)20(11-15-5-3-2-4-6-15)27-10-9-16(12-21(27)29)18-13-17(23)7-8-19(18)28-14-24-25-26-28/h2-10,12-14,20,25-26H,11H2,1H3. The van der Waals surface area contributed by atoms with Gasteiger partial charge in [-0.2, -0.15) is 5.10 Å². The molecule has 0 fully saturated rings. The number of anilines is 1. The molecular formula is C22H20ClN5O3. The minimum absolute atomic E-state index is 0.323. The quantitative estimate of drug-likeness (QED) is 0.576. The van der Waals surface area contributed by atoms with Crippen LogP contribution in [0.2, 0.25) is 5.02 Å². The third kappa shape index (κ3) is 4.45. The zero-order valence-corrected chi connectivity index (χ0v) is 17.4. The third-order valence-corrected chi connectivity index (χ3v) is 5.20. The van der Waals surface area contributed by atoms with Crippen molar-refractivity contribution in [3.8, 4) is 11.1 Å². The van der Waals surface area contributed by atoms with E-state index in [1.807, 2.05) is 36.4 Å². The summed E-state index contributed by atoms with van der Waals surface area (Å²) in [6, 6.07) is 17.3. The zero-order valence-electron chi connectivity index (χ0n) is 16.7. The molecule has 1 aliphatic heterocycles. The molecule has 3 aromatic rings. The number of benzene rings is 2. The van der Waals surface area contributed by atoms with E-state index >= 15 is 0 Å². The van der Waals surface area contributed by atoms with Crippen LogP contribution >= 0.6 is 11.6 Å². The Bertz CT molecular complexity index is 1180. The van der Waals surface area contributed by atoms with Crippen molar-refractivity contribution in [1.82, 2.24) is 15.6 Å². The van der Waals surface area contributed by atoms with E-state index in [0.717, 1.165) is 16.8 Å². The molecule has 2 N–H and O–H groups in total. The molecule has 1 atom stereocenters. The second-order valence-corrected chi connectivity index (χ2v) is 7.33. The first-order valence-electron chi connectivity index (χ1n) is 9.54. The Hall–Kier alpha value is -3.62. The normalized spacial score (nSPS) is 13.7. The van der Waals surface area contributed by atoms with Gasteiger partial charge >= 0.3 is 5.97 Å². The lowest BCUT2D eigenvalue weighted by molar-refractivity contribution is -0.144. The Morgan fingerprint density at radius 1 is 1.16 bits per heavy atom. The van der Waals surface area contributed by atoms with Crippen molar-refractivity contribution in [3.05, 3.63) is 87.8 Å². The SMILES string of the molecule is COC(=O)C(Cc1ccccc1)n1ccc(-c2cc(Cl)ccc2N2C=NNN2)cc1=O. The molecule has 0 bridgehead atoms. The molecule has 4 rings (SSSR count). The Morgan fingerprint density at radius 2 is 1.97 bits per heavy atom. The summed E-state index contributed by atoms with van der Waals surface area (Å²) in [6.45, 7) is 0. The molecule has 0 aliphatic carbocycles. The number of hydrogen-bond donors (Lipinski definition) is 2. The number of hydrogen-bond acceptors (Lipinski definition) is 7. The van der Waals surface area contributed by atoms with Gasteiger partial charge in [0.1, 0.15) is 12.4 Å². The number of ether oxygens (including phenoxy) is 1. The maximum Gasteiger partial charge on any atom is 0.329 e. The van der Waals surface area contributed by atoms with Crippen molar-refractivity contribution >= 4 is 29.6 Å². The number of carbonyl (C=O) groups excluding carboxylic acids is 1. The highest BCUT2D eigenvalue weighted by Gasteiger charge is 2.23. The van der Waals surface area contributed by atoms with Gasteiger partial charge in [0, 0.05) is 29.3 Å². The highest BCUT2D eigenvalue weighted by atomic mass is 35.5. The smallest absolute Gasteiger partial charge is 0.329 e. The second-order valence-electron chi connectivity index (χ2n) is 6.89. The van der Waals surface area contributed by atoms with Crippen molar-refractivity contribution < 1.29 is 9.53 Å². The van der Waals surface area contributed by atoms with Crippen molar-refractivity contribution in [2.45, 2.75) is 12.5 Å². The maximum atomic E-state index is 13.0. The Labute approximate surface area is 183 Å². The van der Waals surface area contributed by atoms with Crippen LogP contribution in [0.1, 0.15) is 11.6 Å². The largest absolute Gasteiger partial charge is 0.467 e. The summed E-state index contributed by atoms with van der Waals surface area (Å²) in [7, 11) is 1.32. The Kier molecular flexibility index (Phi) is 6.01. The second kappa shape index (κ2) is 9.03. The first kappa shape index (κ1) is 20.6. The number of esters is 1. The van der Waals surface area contributed by atoms with Gasteiger partial charge < -0.3 is 9.30 Å². The van der Waals surface area contributed by atoms with Gasteiger partial charge in [0.25, 0.3) is 5.56 Å². The van der Waals surface area contributed by atoms with Crippen LogP contribution in [0.4, 0.5) is 5.69 Å². The minimum atomic E-state index is -0.774. The maximum absolute atomic E-state index is 13.0. The number of nitrogens with zero attached hydrogens (tertiary/aromatic N) is 3. The molecule has 9 heteroatoms. The lowest BCUT2D eigenvalue weighted by Gasteiger charge is -2.20. The van der Waals surface area contributed by atoms with Crippen LogP contribution < -0.4 is 21.6 Å². The molecule has 2 heterocycles. The lowest BCUT2D eigenvalue weighted by atomic mass is 10.0. The summed E-state index contributed by atoms with van der Waals surface area (Å²) < 4.78 is 6.35. The lowest BCUT2D eigenvalue weighted by Crippen LogP contribution is -2.37. The molecule has 158 valence electrons. The minimum Gasteiger partial charge on any atom is -0.467 e. The zero-order chi connectivity index (χ0) is 21.8. The van der Waals surface area contributed by atoms with Gasteiger partial charge in [-0.25, -0.2) is 15.3 Å². The molecule has 0 saturated carbocycles. The van der Waals surface area contributed by atoms with Crippen LogP contribution in [0.15, 0.2) is 76.8 Å². The molecule has 1 aromatic heterocycles. The first-order chi connectivity index (χ1) is 15.1. The number of pyridine rings is 1. The molecule has 1 unspecified atom stereocenters.